The van der Waals surface area contributed by atoms with E-state index in [1.165, 1.54) is 12.1 Å². The van der Waals surface area contributed by atoms with Crippen molar-refractivity contribution in [2.45, 2.75) is 19.3 Å². The summed E-state index contributed by atoms with van der Waals surface area (Å²) in [5.74, 6) is 1.94. The maximum absolute atomic E-state index is 12.6. The van der Waals surface area contributed by atoms with Crippen molar-refractivity contribution in [2.75, 3.05) is 21.3 Å². The summed E-state index contributed by atoms with van der Waals surface area (Å²) in [7, 11) is 4.91. The van der Waals surface area contributed by atoms with Crippen molar-refractivity contribution in [1.82, 2.24) is 15.0 Å². The average Bonchev–Trinajstić information content (AvgIpc) is 3.15. The summed E-state index contributed by atoms with van der Waals surface area (Å²) < 4.78 is 53.7. The molecule has 0 spiro atoms. The topological polar surface area (TPSA) is 60.6 Å². The van der Waals surface area contributed by atoms with Gasteiger partial charge in [-0.2, -0.15) is 18.2 Å². The Morgan fingerprint density at radius 3 is 2.28 bits per heavy atom. The fraction of sp³-hybridized carbons (Fsp3) is 0.300. The molecule has 0 atom stereocenters. The lowest BCUT2D eigenvalue weighted by atomic mass is 10.1. The van der Waals surface area contributed by atoms with E-state index in [-0.39, 0.29) is 0 Å². The van der Waals surface area contributed by atoms with Crippen LogP contribution in [-0.2, 0) is 19.3 Å². The molecule has 154 valence electrons. The molecular weight excluding hydrogens is 387 g/mol. The third-order valence-electron chi connectivity index (χ3n) is 4.25. The van der Waals surface area contributed by atoms with Crippen LogP contribution >= 0.6 is 0 Å². The highest BCUT2D eigenvalue weighted by Crippen LogP contribution is 2.31. The maximum atomic E-state index is 12.6. The van der Waals surface area contributed by atoms with Gasteiger partial charge < -0.3 is 14.0 Å². The molecule has 3 rings (SSSR count). The minimum atomic E-state index is -4.34. The van der Waals surface area contributed by atoms with Gasteiger partial charge in [0.25, 0.3) is 0 Å². The second-order valence-electron chi connectivity index (χ2n) is 6.45. The molecule has 2 aromatic carbocycles. The molecular formula is C20H20F3N3O3. The van der Waals surface area contributed by atoms with Crippen molar-refractivity contribution in [3.63, 3.8) is 0 Å². The Balaban J connectivity index is 1.65. The first-order valence-electron chi connectivity index (χ1n) is 8.70. The molecule has 0 fully saturated rings. The van der Waals surface area contributed by atoms with Crippen molar-refractivity contribution in [3.8, 4) is 22.9 Å². The molecule has 0 aliphatic heterocycles. The summed E-state index contributed by atoms with van der Waals surface area (Å²) in [5, 5.41) is 3.98. The van der Waals surface area contributed by atoms with E-state index in [9.17, 15) is 13.2 Å². The van der Waals surface area contributed by atoms with Crippen LogP contribution in [0.2, 0.25) is 0 Å². The highest BCUT2D eigenvalue weighted by atomic mass is 19.4. The first-order valence-corrected chi connectivity index (χ1v) is 8.70. The number of alkyl halides is 3. The van der Waals surface area contributed by atoms with Gasteiger partial charge in [-0.05, 0) is 42.9 Å². The van der Waals surface area contributed by atoms with Gasteiger partial charge in [0.1, 0.15) is 0 Å². The molecule has 1 aromatic heterocycles. The number of hydrogen-bond donors (Lipinski definition) is 0. The number of rotatable bonds is 7. The summed E-state index contributed by atoms with van der Waals surface area (Å²) >= 11 is 0. The molecule has 0 bridgehead atoms. The summed E-state index contributed by atoms with van der Waals surface area (Å²) in [6.45, 7) is 0.785. The fourth-order valence-electron chi connectivity index (χ4n) is 2.81. The molecule has 0 aliphatic carbocycles. The molecule has 3 aromatic rings. The lowest BCUT2D eigenvalue weighted by molar-refractivity contribution is -0.137. The molecule has 6 nitrogen and oxygen atoms in total. The number of hydrogen-bond acceptors (Lipinski definition) is 6. The van der Waals surface area contributed by atoms with Crippen LogP contribution in [0.5, 0.6) is 11.5 Å². The van der Waals surface area contributed by atoms with E-state index >= 15 is 0 Å². The standard InChI is InChI=1S/C20H20F3N3O3/c1-26(11-13-4-7-15(8-5-13)20(21,22)23)12-18-24-19(25-29-18)14-6-9-16(27-2)17(10-14)28-3/h4-10H,11-12H2,1-3H3. The van der Waals surface area contributed by atoms with Crippen LogP contribution in [0.25, 0.3) is 11.4 Å². The van der Waals surface area contributed by atoms with Gasteiger partial charge in [0.2, 0.25) is 11.7 Å². The van der Waals surface area contributed by atoms with Crippen molar-refractivity contribution in [1.29, 1.82) is 0 Å². The van der Waals surface area contributed by atoms with E-state index in [1.54, 1.807) is 32.4 Å². The number of methoxy groups -OCH3 is 2. The van der Waals surface area contributed by atoms with Crippen molar-refractivity contribution >= 4 is 0 Å². The predicted octanol–water partition coefficient (Wildman–Crippen LogP) is 4.40. The number of nitrogens with zero attached hydrogens (tertiary/aromatic N) is 3. The largest absolute Gasteiger partial charge is 0.493 e. The lowest BCUT2D eigenvalue weighted by Gasteiger charge is -2.14. The molecule has 29 heavy (non-hydrogen) atoms. The Kier molecular flexibility index (Phi) is 6.07. The quantitative estimate of drug-likeness (QED) is 0.578. The van der Waals surface area contributed by atoms with Crippen molar-refractivity contribution in [3.05, 3.63) is 59.5 Å². The summed E-state index contributed by atoms with van der Waals surface area (Å²) in [6.07, 6.45) is -4.34. The van der Waals surface area contributed by atoms with E-state index in [0.29, 0.717) is 41.9 Å². The zero-order valence-electron chi connectivity index (χ0n) is 16.2. The monoisotopic (exact) mass is 407 g/mol. The van der Waals surface area contributed by atoms with E-state index in [0.717, 1.165) is 17.7 Å². The smallest absolute Gasteiger partial charge is 0.416 e. The van der Waals surface area contributed by atoms with Crippen LogP contribution in [0.4, 0.5) is 13.2 Å². The molecule has 0 aliphatic rings. The lowest BCUT2D eigenvalue weighted by Crippen LogP contribution is -2.17. The molecule has 0 amide bonds. The van der Waals surface area contributed by atoms with Crippen LogP contribution in [0.1, 0.15) is 17.0 Å². The number of ether oxygens (including phenoxy) is 2. The highest BCUT2D eigenvalue weighted by Gasteiger charge is 2.29. The molecule has 0 saturated heterocycles. The third kappa shape index (κ3) is 5.05. The molecule has 0 unspecified atom stereocenters. The molecule has 9 heteroatoms. The number of benzene rings is 2. The molecule has 0 N–H and O–H groups in total. The van der Waals surface area contributed by atoms with Crippen LogP contribution in [-0.4, -0.2) is 36.3 Å². The Labute approximate surface area is 165 Å². The Morgan fingerprint density at radius 1 is 0.966 bits per heavy atom. The van der Waals surface area contributed by atoms with Gasteiger partial charge in [-0.3, -0.25) is 4.90 Å². The minimum Gasteiger partial charge on any atom is -0.493 e. The van der Waals surface area contributed by atoms with Crippen molar-refractivity contribution in [2.24, 2.45) is 0 Å². The SMILES string of the molecule is COc1ccc(-c2noc(CN(C)Cc3ccc(C(F)(F)F)cc3)n2)cc1OC. The zero-order chi connectivity index (χ0) is 21.0. The summed E-state index contributed by atoms with van der Waals surface area (Å²) in [5.41, 5.74) is 0.795. The van der Waals surface area contributed by atoms with E-state index in [1.807, 2.05) is 11.9 Å². The minimum absolute atomic E-state index is 0.349. The van der Waals surface area contributed by atoms with Gasteiger partial charge in [0.15, 0.2) is 11.5 Å². The van der Waals surface area contributed by atoms with E-state index in [2.05, 4.69) is 10.1 Å². The first-order chi connectivity index (χ1) is 13.8. The fourth-order valence-corrected chi connectivity index (χ4v) is 2.81. The predicted molar refractivity (Wildman–Crippen MR) is 99.5 cm³/mol. The molecule has 1 heterocycles. The number of aromatic nitrogens is 2. The Morgan fingerprint density at radius 2 is 1.66 bits per heavy atom. The van der Waals surface area contributed by atoms with Gasteiger partial charge in [-0.15, -0.1) is 0 Å². The Bertz CT molecular complexity index is 956. The van der Waals surface area contributed by atoms with Gasteiger partial charge in [0, 0.05) is 12.1 Å². The molecule has 0 saturated carbocycles. The van der Waals surface area contributed by atoms with Gasteiger partial charge in [-0.1, -0.05) is 17.3 Å². The summed E-state index contributed by atoms with van der Waals surface area (Å²) in [4.78, 5) is 6.24. The normalized spacial score (nSPS) is 11.7. The van der Waals surface area contributed by atoms with Gasteiger partial charge in [-0.25, -0.2) is 0 Å². The highest BCUT2D eigenvalue weighted by molar-refractivity contribution is 5.60. The van der Waals surface area contributed by atoms with Gasteiger partial charge in [0.05, 0.1) is 26.3 Å². The van der Waals surface area contributed by atoms with E-state index < -0.39 is 11.7 Å². The zero-order valence-corrected chi connectivity index (χ0v) is 16.2. The van der Waals surface area contributed by atoms with Crippen LogP contribution < -0.4 is 9.47 Å². The van der Waals surface area contributed by atoms with Crippen molar-refractivity contribution < 1.29 is 27.2 Å². The summed E-state index contributed by atoms with van der Waals surface area (Å²) in [6, 6.07) is 10.4. The maximum Gasteiger partial charge on any atom is 0.416 e. The van der Waals surface area contributed by atoms with Crippen LogP contribution in [0, 0.1) is 0 Å². The van der Waals surface area contributed by atoms with Crippen LogP contribution in [0.3, 0.4) is 0 Å². The Hall–Kier alpha value is -3.07. The van der Waals surface area contributed by atoms with E-state index in [4.69, 9.17) is 14.0 Å². The second kappa shape index (κ2) is 8.52. The van der Waals surface area contributed by atoms with Gasteiger partial charge >= 0.3 is 6.18 Å². The number of halogens is 3. The second-order valence-corrected chi connectivity index (χ2v) is 6.45. The first kappa shape index (κ1) is 20.7. The van der Waals surface area contributed by atoms with Crippen LogP contribution in [0.15, 0.2) is 47.0 Å². The third-order valence-corrected chi connectivity index (χ3v) is 4.25. The average molecular weight is 407 g/mol. The molecule has 0 radical (unpaired) electrons.